The van der Waals surface area contributed by atoms with Gasteiger partial charge in [-0.05, 0) is 79.6 Å². The molecule has 1 aromatic rings. The predicted octanol–water partition coefficient (Wildman–Crippen LogP) is 5.66. The van der Waals surface area contributed by atoms with Gasteiger partial charge in [-0.25, -0.2) is 4.79 Å². The monoisotopic (exact) mass is 463 g/mol. The highest BCUT2D eigenvalue weighted by Crippen LogP contribution is 2.48. The van der Waals surface area contributed by atoms with E-state index in [0.29, 0.717) is 30.2 Å². The van der Waals surface area contributed by atoms with Crippen molar-refractivity contribution >= 4 is 28.9 Å². The molecule has 0 spiro atoms. The molecule has 2 aliphatic carbocycles. The Bertz CT molecular complexity index is 810. The van der Waals surface area contributed by atoms with Gasteiger partial charge < -0.3 is 19.5 Å². The number of thiophene rings is 1. The molecule has 1 aliphatic heterocycles. The molecule has 32 heavy (non-hydrogen) atoms. The summed E-state index contributed by atoms with van der Waals surface area (Å²) in [6.45, 7) is 7.82. The van der Waals surface area contributed by atoms with Crippen molar-refractivity contribution in [2.45, 2.75) is 84.1 Å². The lowest BCUT2D eigenvalue weighted by Gasteiger charge is -2.40. The van der Waals surface area contributed by atoms with Crippen LogP contribution in [0.2, 0.25) is 0 Å². The van der Waals surface area contributed by atoms with Crippen LogP contribution in [0.15, 0.2) is 5.38 Å². The van der Waals surface area contributed by atoms with Crippen LogP contribution in [0.5, 0.6) is 0 Å². The highest BCUT2D eigenvalue weighted by Gasteiger charge is 2.40. The summed E-state index contributed by atoms with van der Waals surface area (Å²) in [6, 6.07) is -0.290. The van der Waals surface area contributed by atoms with Gasteiger partial charge in [-0.2, -0.15) is 0 Å². The number of hydrogen-bond acceptors (Lipinski definition) is 5. The molecule has 4 rings (SSSR count). The van der Waals surface area contributed by atoms with Crippen LogP contribution < -0.4 is 4.90 Å². The van der Waals surface area contributed by atoms with Crippen molar-refractivity contribution in [3.05, 3.63) is 15.8 Å². The smallest absolute Gasteiger partial charge is 0.348 e. The number of aromatic carboxylic acids is 1. The Morgan fingerprint density at radius 2 is 1.69 bits per heavy atom. The molecule has 7 heteroatoms. The fraction of sp³-hybridized carbons (Fsp3) is 0.760. The van der Waals surface area contributed by atoms with E-state index in [1.54, 1.807) is 4.90 Å². The molecule has 1 amide bonds. The van der Waals surface area contributed by atoms with Crippen LogP contribution in [0, 0.1) is 17.3 Å². The van der Waals surface area contributed by atoms with E-state index < -0.39 is 5.97 Å². The Kier molecular flexibility index (Phi) is 7.27. The molecule has 2 saturated carbocycles. The Labute approximate surface area is 195 Å². The number of amides is 1. The molecule has 2 heterocycles. The van der Waals surface area contributed by atoms with Crippen molar-refractivity contribution in [2.24, 2.45) is 17.3 Å². The van der Waals surface area contributed by atoms with Crippen LogP contribution in [0.1, 0.15) is 93.3 Å². The van der Waals surface area contributed by atoms with Gasteiger partial charge in [0.15, 0.2) is 0 Å². The molecule has 6 nitrogen and oxygen atoms in total. The second-order valence-electron chi connectivity index (χ2n) is 10.8. The molecule has 0 unspecified atom stereocenters. The fourth-order valence-corrected chi connectivity index (χ4v) is 6.54. The number of nitrogens with zero attached hydrogens (tertiary/aromatic N) is 1. The predicted molar refractivity (Wildman–Crippen MR) is 125 cm³/mol. The molecular formula is C25H37NO5S. The van der Waals surface area contributed by atoms with Crippen LogP contribution in [0.4, 0.5) is 5.69 Å². The van der Waals surface area contributed by atoms with Crippen LogP contribution >= 0.6 is 11.3 Å². The standard InChI is InChI=1S/C25H37NO5S/c1-16-4-6-18(7-5-16)23(27)26(19-12-30-15-31-13-19)21-20(14-32-22(21)24(28)29)17-8-10-25(2,3)11-9-17/h14,16-19H,4-13,15H2,1-3H3,(H,28,29). The van der Waals surface area contributed by atoms with E-state index in [9.17, 15) is 14.7 Å². The molecule has 1 N–H and O–H groups in total. The number of carboxylic acid groups (broad SMARTS) is 1. The second kappa shape index (κ2) is 9.82. The molecule has 178 valence electrons. The van der Waals surface area contributed by atoms with Gasteiger partial charge in [-0.1, -0.05) is 20.8 Å². The first-order valence-corrected chi connectivity index (χ1v) is 13.0. The molecule has 0 aromatic carbocycles. The van der Waals surface area contributed by atoms with Gasteiger partial charge in [0.05, 0.1) is 24.9 Å². The molecule has 0 atom stereocenters. The minimum absolute atomic E-state index is 0.0503. The van der Waals surface area contributed by atoms with Crippen molar-refractivity contribution in [1.82, 2.24) is 0 Å². The number of anilines is 1. The first-order chi connectivity index (χ1) is 15.3. The molecule has 0 radical (unpaired) electrons. The summed E-state index contributed by atoms with van der Waals surface area (Å²) in [5.41, 5.74) is 1.97. The van der Waals surface area contributed by atoms with Crippen molar-refractivity contribution in [1.29, 1.82) is 0 Å². The van der Waals surface area contributed by atoms with E-state index in [2.05, 4.69) is 20.8 Å². The van der Waals surface area contributed by atoms with E-state index in [-0.39, 0.29) is 35.5 Å². The van der Waals surface area contributed by atoms with Crippen LogP contribution in [0.3, 0.4) is 0 Å². The van der Waals surface area contributed by atoms with Crippen LogP contribution in [-0.4, -0.2) is 43.0 Å². The summed E-state index contributed by atoms with van der Waals surface area (Å²) < 4.78 is 11.1. The van der Waals surface area contributed by atoms with Gasteiger partial charge >= 0.3 is 5.97 Å². The third-order valence-electron chi connectivity index (χ3n) is 7.76. The molecule has 3 fully saturated rings. The van der Waals surface area contributed by atoms with Crippen molar-refractivity contribution in [3.8, 4) is 0 Å². The zero-order chi connectivity index (χ0) is 22.9. The molecule has 1 aromatic heterocycles. The van der Waals surface area contributed by atoms with Crippen molar-refractivity contribution < 1.29 is 24.2 Å². The van der Waals surface area contributed by atoms with Gasteiger partial charge in [-0.15, -0.1) is 11.3 Å². The third kappa shape index (κ3) is 5.05. The quantitative estimate of drug-likeness (QED) is 0.609. The van der Waals surface area contributed by atoms with Crippen molar-refractivity contribution in [2.75, 3.05) is 24.9 Å². The number of carboxylic acids is 1. The van der Waals surface area contributed by atoms with Crippen molar-refractivity contribution in [3.63, 3.8) is 0 Å². The topological polar surface area (TPSA) is 76.1 Å². The zero-order valence-electron chi connectivity index (χ0n) is 19.6. The van der Waals surface area contributed by atoms with E-state index in [4.69, 9.17) is 9.47 Å². The third-order valence-corrected chi connectivity index (χ3v) is 8.74. The van der Waals surface area contributed by atoms with Gasteiger partial charge in [0, 0.05) is 5.92 Å². The van der Waals surface area contributed by atoms with Gasteiger partial charge in [0.1, 0.15) is 11.7 Å². The maximum atomic E-state index is 13.9. The number of carbonyl (C=O) groups excluding carboxylic acids is 1. The highest BCUT2D eigenvalue weighted by molar-refractivity contribution is 7.12. The summed E-state index contributed by atoms with van der Waals surface area (Å²) in [4.78, 5) is 28.3. The van der Waals surface area contributed by atoms with E-state index in [1.165, 1.54) is 11.3 Å². The number of rotatable bonds is 5. The maximum absolute atomic E-state index is 13.9. The lowest BCUT2D eigenvalue weighted by Crippen LogP contribution is -2.51. The van der Waals surface area contributed by atoms with Crippen LogP contribution in [0.25, 0.3) is 0 Å². The largest absolute Gasteiger partial charge is 0.477 e. The summed E-state index contributed by atoms with van der Waals surface area (Å²) in [5.74, 6) is -0.0394. The van der Waals surface area contributed by atoms with E-state index >= 15 is 0 Å². The molecule has 0 bridgehead atoms. The van der Waals surface area contributed by atoms with E-state index in [1.807, 2.05) is 5.38 Å². The molecular weight excluding hydrogens is 426 g/mol. The van der Waals surface area contributed by atoms with Gasteiger partial charge in [-0.3, -0.25) is 4.79 Å². The summed E-state index contributed by atoms with van der Waals surface area (Å²) in [5, 5.41) is 12.0. The fourth-order valence-electron chi connectivity index (χ4n) is 5.57. The first-order valence-electron chi connectivity index (χ1n) is 12.1. The lowest BCUT2D eigenvalue weighted by molar-refractivity contribution is -0.131. The normalized spacial score (nSPS) is 27.2. The second-order valence-corrected chi connectivity index (χ2v) is 11.7. The maximum Gasteiger partial charge on any atom is 0.348 e. The number of carbonyl (C=O) groups is 2. The minimum Gasteiger partial charge on any atom is -0.477 e. The van der Waals surface area contributed by atoms with Crippen LogP contribution in [-0.2, 0) is 14.3 Å². The summed E-state index contributed by atoms with van der Waals surface area (Å²) >= 11 is 1.26. The zero-order valence-corrected chi connectivity index (χ0v) is 20.4. The summed E-state index contributed by atoms with van der Waals surface area (Å²) in [6.07, 6.45) is 8.09. The Morgan fingerprint density at radius 3 is 2.28 bits per heavy atom. The highest BCUT2D eigenvalue weighted by atomic mass is 32.1. The molecule has 1 saturated heterocycles. The SMILES string of the molecule is CC1CCC(C(=O)N(c2c(C3CCC(C)(C)CC3)csc2C(=O)O)C2COCOC2)CC1. The lowest BCUT2D eigenvalue weighted by atomic mass is 9.71. The first kappa shape index (κ1) is 23.7. The summed E-state index contributed by atoms with van der Waals surface area (Å²) in [7, 11) is 0. The number of hydrogen-bond donors (Lipinski definition) is 1. The molecule has 3 aliphatic rings. The Hall–Kier alpha value is -1.44. The Balaban J connectivity index is 1.71. The minimum atomic E-state index is -0.958. The Morgan fingerprint density at radius 1 is 1.06 bits per heavy atom. The van der Waals surface area contributed by atoms with E-state index in [0.717, 1.165) is 56.9 Å². The number of ether oxygens (including phenoxy) is 2. The van der Waals surface area contributed by atoms with Gasteiger partial charge in [0.2, 0.25) is 5.91 Å². The van der Waals surface area contributed by atoms with Gasteiger partial charge in [0.25, 0.3) is 0 Å². The average Bonchev–Trinajstić information content (AvgIpc) is 3.20. The average molecular weight is 464 g/mol.